The van der Waals surface area contributed by atoms with Crippen molar-refractivity contribution in [1.82, 2.24) is 0 Å². The fourth-order valence-electron chi connectivity index (χ4n) is 7.18. The first-order valence-corrected chi connectivity index (χ1v) is 14.8. The first-order chi connectivity index (χ1) is 17.6. The fraction of sp³-hybridized carbons (Fsp3) is 0.543. The standard InChI is InChI=1S/C35H45ClFN/c1-32(2)14-16-34(5,6)30-21-25(10-9-11-28(30)32)38(27-19-23(36)18-24(37)20-27)26-12-13-29-31(22-26)35(7,8)17-15-33(29,3)4/h9-13,18-19,21-22,27,30H,14-17,20H2,1-8H3. The third-order valence-electron chi connectivity index (χ3n) is 10.0. The average molecular weight is 534 g/mol. The number of anilines is 1. The van der Waals surface area contributed by atoms with Crippen molar-refractivity contribution in [1.29, 1.82) is 0 Å². The van der Waals surface area contributed by atoms with Crippen LogP contribution in [0.5, 0.6) is 0 Å². The van der Waals surface area contributed by atoms with Gasteiger partial charge in [0.2, 0.25) is 0 Å². The Balaban J connectivity index is 1.68. The lowest BCUT2D eigenvalue weighted by Crippen LogP contribution is -2.39. The SMILES string of the molecule is CC1(C)CCC(C)(C)C2C=C(N(c3ccc4c(c3)C(C)(C)CCC4(C)C)C3C=C(Cl)C=C(F)C3)C=CC=C21. The van der Waals surface area contributed by atoms with Crippen LogP contribution in [-0.4, -0.2) is 6.04 Å². The predicted octanol–water partition coefficient (Wildman–Crippen LogP) is 10.4. The monoisotopic (exact) mass is 533 g/mol. The lowest BCUT2D eigenvalue weighted by molar-refractivity contribution is 0.152. The predicted molar refractivity (Wildman–Crippen MR) is 161 cm³/mol. The van der Waals surface area contributed by atoms with Crippen molar-refractivity contribution < 1.29 is 4.39 Å². The molecule has 3 heteroatoms. The molecule has 2 atom stereocenters. The molecule has 1 aromatic rings. The number of allylic oxidation sites excluding steroid dienone is 7. The van der Waals surface area contributed by atoms with E-state index in [1.54, 1.807) is 0 Å². The second-order valence-electron chi connectivity index (χ2n) is 14.7. The van der Waals surface area contributed by atoms with E-state index in [1.165, 1.54) is 42.0 Å². The molecule has 1 nitrogen and oxygen atoms in total. The lowest BCUT2D eigenvalue weighted by Gasteiger charge is -2.48. The van der Waals surface area contributed by atoms with Gasteiger partial charge in [-0.25, -0.2) is 4.39 Å². The van der Waals surface area contributed by atoms with Gasteiger partial charge in [0, 0.05) is 28.8 Å². The molecule has 0 aliphatic heterocycles. The molecule has 1 fully saturated rings. The maximum absolute atomic E-state index is 14.9. The molecule has 2 unspecified atom stereocenters. The smallest absolute Gasteiger partial charge is 0.104 e. The number of hydrogen-bond donors (Lipinski definition) is 0. The fourth-order valence-corrected chi connectivity index (χ4v) is 7.45. The zero-order chi connectivity index (χ0) is 27.7. The highest BCUT2D eigenvalue weighted by molar-refractivity contribution is 6.31. The molecule has 204 valence electrons. The molecule has 0 aromatic heterocycles. The van der Waals surface area contributed by atoms with Crippen LogP contribution in [0, 0.1) is 16.7 Å². The topological polar surface area (TPSA) is 3.24 Å². The molecule has 0 bridgehead atoms. The van der Waals surface area contributed by atoms with Gasteiger partial charge in [-0.15, -0.1) is 0 Å². The Morgan fingerprint density at radius 3 is 2.18 bits per heavy atom. The van der Waals surface area contributed by atoms with E-state index in [4.69, 9.17) is 11.6 Å². The van der Waals surface area contributed by atoms with Crippen LogP contribution in [0.15, 0.2) is 76.8 Å². The van der Waals surface area contributed by atoms with Gasteiger partial charge in [0.05, 0.1) is 6.04 Å². The van der Waals surface area contributed by atoms with Crippen molar-refractivity contribution in [2.45, 2.75) is 104 Å². The van der Waals surface area contributed by atoms with E-state index in [0.29, 0.717) is 17.4 Å². The molecule has 4 aliphatic rings. The summed E-state index contributed by atoms with van der Waals surface area (Å²) < 4.78 is 14.9. The van der Waals surface area contributed by atoms with E-state index in [9.17, 15) is 4.39 Å². The Kier molecular flexibility index (Phi) is 6.70. The Labute approximate surface area is 235 Å². The number of halogens is 2. The molecule has 0 heterocycles. The van der Waals surface area contributed by atoms with Crippen molar-refractivity contribution in [3.05, 3.63) is 87.9 Å². The van der Waals surface area contributed by atoms with Crippen molar-refractivity contribution in [3.63, 3.8) is 0 Å². The second-order valence-corrected chi connectivity index (χ2v) is 15.1. The Morgan fingerprint density at radius 1 is 0.842 bits per heavy atom. The van der Waals surface area contributed by atoms with Crippen LogP contribution < -0.4 is 4.90 Å². The number of benzene rings is 1. The molecular formula is C35H45ClFN. The first kappa shape index (κ1) is 27.5. The first-order valence-electron chi connectivity index (χ1n) is 14.4. The van der Waals surface area contributed by atoms with Crippen LogP contribution in [0.2, 0.25) is 0 Å². The van der Waals surface area contributed by atoms with Crippen LogP contribution in [-0.2, 0) is 10.8 Å². The second kappa shape index (κ2) is 9.26. The van der Waals surface area contributed by atoms with Crippen LogP contribution in [0.4, 0.5) is 10.1 Å². The number of hydrogen-bond acceptors (Lipinski definition) is 1. The highest BCUT2D eigenvalue weighted by Gasteiger charge is 2.44. The third kappa shape index (κ3) is 4.87. The summed E-state index contributed by atoms with van der Waals surface area (Å²) in [4.78, 5) is 2.35. The number of fused-ring (bicyclic) bond motifs is 2. The molecule has 0 radical (unpaired) electrons. The molecule has 0 amide bonds. The van der Waals surface area contributed by atoms with Gasteiger partial charge < -0.3 is 4.90 Å². The summed E-state index contributed by atoms with van der Waals surface area (Å²) >= 11 is 6.47. The Morgan fingerprint density at radius 2 is 1.50 bits per heavy atom. The van der Waals surface area contributed by atoms with Gasteiger partial charge in [0.1, 0.15) is 5.83 Å². The van der Waals surface area contributed by atoms with Gasteiger partial charge in [0.25, 0.3) is 0 Å². The van der Waals surface area contributed by atoms with Crippen LogP contribution in [0.1, 0.15) is 98.6 Å². The highest BCUT2D eigenvalue weighted by Crippen LogP contribution is 2.54. The van der Waals surface area contributed by atoms with Crippen molar-refractivity contribution in [2.24, 2.45) is 16.7 Å². The average Bonchev–Trinajstić information content (AvgIpc) is 3.05. The van der Waals surface area contributed by atoms with Gasteiger partial charge in [-0.1, -0.05) is 96.9 Å². The molecule has 4 aliphatic carbocycles. The molecule has 38 heavy (non-hydrogen) atoms. The molecule has 0 spiro atoms. The Hall–Kier alpha value is -2.06. The van der Waals surface area contributed by atoms with E-state index in [0.717, 1.165) is 17.8 Å². The van der Waals surface area contributed by atoms with E-state index in [2.05, 4.69) is 103 Å². The number of rotatable bonds is 3. The molecule has 5 rings (SSSR count). The zero-order valence-electron chi connectivity index (χ0n) is 24.6. The minimum absolute atomic E-state index is 0.0928. The molecule has 1 saturated carbocycles. The maximum Gasteiger partial charge on any atom is 0.104 e. The summed E-state index contributed by atoms with van der Waals surface area (Å²) in [6.45, 7) is 19.0. The molecular weight excluding hydrogens is 489 g/mol. The zero-order valence-corrected chi connectivity index (χ0v) is 25.3. The van der Waals surface area contributed by atoms with Gasteiger partial charge >= 0.3 is 0 Å². The van der Waals surface area contributed by atoms with Crippen molar-refractivity contribution >= 4 is 17.3 Å². The van der Waals surface area contributed by atoms with Gasteiger partial charge in [0.15, 0.2) is 0 Å². The van der Waals surface area contributed by atoms with Crippen LogP contribution in [0.25, 0.3) is 0 Å². The van der Waals surface area contributed by atoms with Gasteiger partial charge in [-0.2, -0.15) is 0 Å². The summed E-state index contributed by atoms with van der Waals surface area (Å²) in [6.07, 6.45) is 17.7. The largest absolute Gasteiger partial charge is 0.334 e. The molecule has 1 aromatic carbocycles. The third-order valence-corrected chi connectivity index (χ3v) is 10.2. The normalized spacial score (nSPS) is 28.6. The molecule has 0 saturated heterocycles. The van der Waals surface area contributed by atoms with Crippen LogP contribution in [0.3, 0.4) is 0 Å². The molecule has 0 N–H and O–H groups in total. The minimum Gasteiger partial charge on any atom is -0.334 e. The van der Waals surface area contributed by atoms with Gasteiger partial charge in [-0.3, -0.25) is 0 Å². The lowest BCUT2D eigenvalue weighted by atomic mass is 9.57. The highest BCUT2D eigenvalue weighted by atomic mass is 35.5. The van der Waals surface area contributed by atoms with E-state index < -0.39 is 0 Å². The summed E-state index contributed by atoms with van der Waals surface area (Å²) in [5.41, 5.74) is 7.13. The van der Waals surface area contributed by atoms with E-state index in [-0.39, 0.29) is 33.5 Å². The van der Waals surface area contributed by atoms with E-state index >= 15 is 0 Å². The summed E-state index contributed by atoms with van der Waals surface area (Å²) in [6, 6.07) is 6.78. The quantitative estimate of drug-likeness (QED) is 0.373. The Bertz CT molecular complexity index is 1280. The minimum atomic E-state index is -0.192. The summed E-state index contributed by atoms with van der Waals surface area (Å²) in [5, 5.41) is 0.472. The van der Waals surface area contributed by atoms with Crippen molar-refractivity contribution in [3.8, 4) is 0 Å². The summed E-state index contributed by atoms with van der Waals surface area (Å²) in [5.74, 6) is 0.151. The van der Waals surface area contributed by atoms with Crippen LogP contribution >= 0.6 is 11.6 Å². The number of nitrogens with zero attached hydrogens (tertiary/aromatic N) is 1. The maximum atomic E-state index is 14.9. The van der Waals surface area contributed by atoms with E-state index in [1.807, 2.05) is 6.08 Å². The van der Waals surface area contributed by atoms with Gasteiger partial charge in [-0.05, 0) is 88.8 Å². The van der Waals surface area contributed by atoms with Crippen molar-refractivity contribution in [2.75, 3.05) is 4.90 Å². The summed E-state index contributed by atoms with van der Waals surface area (Å²) in [7, 11) is 0.